The molecule has 0 amide bonds. The average Bonchev–Trinajstić information content (AvgIpc) is 2.58. The van der Waals surface area contributed by atoms with E-state index in [0.717, 1.165) is 11.8 Å². The van der Waals surface area contributed by atoms with Crippen molar-refractivity contribution in [3.63, 3.8) is 0 Å². The lowest BCUT2D eigenvalue weighted by atomic mass is 9.91. The molecule has 0 N–H and O–H groups in total. The van der Waals surface area contributed by atoms with Gasteiger partial charge in [0.2, 0.25) is 0 Å². The van der Waals surface area contributed by atoms with E-state index in [1.165, 1.54) is 57.8 Å². The number of hydrogen-bond donors (Lipinski definition) is 0. The summed E-state index contributed by atoms with van der Waals surface area (Å²) in [5, 5.41) is 0. The lowest BCUT2D eigenvalue weighted by Crippen LogP contribution is -1.99. The summed E-state index contributed by atoms with van der Waals surface area (Å²) < 4.78 is 0. The zero-order valence-electron chi connectivity index (χ0n) is 9.52. The Bertz CT molecular complexity index is 105. The van der Waals surface area contributed by atoms with Crippen LogP contribution in [0.25, 0.3) is 0 Å². The van der Waals surface area contributed by atoms with Gasteiger partial charge >= 0.3 is 0 Å². The van der Waals surface area contributed by atoms with Crippen LogP contribution in [-0.2, 0) is 0 Å². The lowest BCUT2D eigenvalue weighted by Gasteiger charge is -2.15. The van der Waals surface area contributed by atoms with Crippen molar-refractivity contribution < 1.29 is 0 Å². The average molecular weight is 214 g/mol. The van der Waals surface area contributed by atoms with Crippen LogP contribution in [0.4, 0.5) is 0 Å². The maximum Gasteiger partial charge on any atom is -0.0443 e. The molecule has 0 saturated heterocycles. The molecule has 0 nitrogen and oxygen atoms in total. The van der Waals surface area contributed by atoms with Crippen LogP contribution >= 0.6 is 0 Å². The van der Waals surface area contributed by atoms with Crippen LogP contribution in [0.5, 0.6) is 0 Å². The van der Waals surface area contributed by atoms with Crippen molar-refractivity contribution in [2.75, 3.05) is 0 Å². The molecule has 0 aromatic rings. The first-order valence-corrected chi connectivity index (χ1v) is 6.29. The van der Waals surface area contributed by atoms with E-state index >= 15 is 0 Å². The lowest BCUT2D eigenvalue weighted by molar-refractivity contribution is 0.385. The van der Waals surface area contributed by atoms with Gasteiger partial charge in [0.05, 0.1) is 0 Å². The maximum atomic E-state index is 2.36. The van der Waals surface area contributed by atoms with Gasteiger partial charge in [-0.25, -0.2) is 0 Å². The first-order valence-electron chi connectivity index (χ1n) is 6.29. The zero-order valence-corrected chi connectivity index (χ0v) is 9.52. The summed E-state index contributed by atoms with van der Waals surface area (Å²) in [6.45, 7) is 4.70. The van der Waals surface area contributed by atoms with Crippen LogP contribution < -0.4 is 0 Å². The van der Waals surface area contributed by atoms with Crippen molar-refractivity contribution in [3.05, 3.63) is 0 Å². The Morgan fingerprint density at radius 1 is 0.533 bits per heavy atom. The predicted molar refractivity (Wildman–Crippen MR) is 73.3 cm³/mol. The Kier molecular flexibility index (Phi) is 12.2. The fraction of sp³-hybridized carbons (Fsp3) is 1.00. The minimum atomic E-state index is 0. The molecule has 2 fully saturated rings. The molecule has 0 bridgehead atoms. The molecule has 0 aliphatic heterocycles. The largest absolute Gasteiger partial charge is 0.0776 e. The molecule has 2 saturated carbocycles. The van der Waals surface area contributed by atoms with E-state index in [2.05, 4.69) is 13.8 Å². The SMILES string of the molecule is C.C.CC1CCCC1.CC1CCCCC1. The second kappa shape index (κ2) is 10.5. The molecule has 2 rings (SSSR count). The Labute approximate surface area is 98.9 Å². The molecular weight excluding hydrogens is 180 g/mol. The second-order valence-electron chi connectivity index (χ2n) is 5.13. The number of hydrogen-bond acceptors (Lipinski definition) is 0. The molecule has 0 heterocycles. The molecule has 94 valence electrons. The monoisotopic (exact) mass is 214 g/mol. The minimum Gasteiger partial charge on any atom is -0.0776 e. The Balaban J connectivity index is 0. The highest BCUT2D eigenvalue weighted by atomic mass is 14.1. The highest BCUT2D eigenvalue weighted by Crippen LogP contribution is 2.23. The van der Waals surface area contributed by atoms with E-state index in [0.29, 0.717) is 0 Å². The van der Waals surface area contributed by atoms with Crippen LogP contribution in [0.15, 0.2) is 0 Å². The van der Waals surface area contributed by atoms with Crippen LogP contribution in [-0.4, -0.2) is 0 Å². The first-order chi connectivity index (χ1) is 6.29. The normalized spacial score (nSPS) is 22.0. The molecule has 0 heteroatoms. The van der Waals surface area contributed by atoms with Gasteiger partial charge in [-0.05, 0) is 11.8 Å². The topological polar surface area (TPSA) is 0 Å². The van der Waals surface area contributed by atoms with Gasteiger partial charge in [0, 0.05) is 0 Å². The van der Waals surface area contributed by atoms with Crippen molar-refractivity contribution in [2.45, 2.75) is 86.5 Å². The van der Waals surface area contributed by atoms with E-state index in [1.54, 1.807) is 0 Å². The smallest absolute Gasteiger partial charge is 0.0443 e. The highest BCUT2D eigenvalue weighted by molar-refractivity contribution is 4.60. The minimum absolute atomic E-state index is 0. The predicted octanol–water partition coefficient (Wildman–Crippen LogP) is 6.06. The van der Waals surface area contributed by atoms with Gasteiger partial charge in [-0.2, -0.15) is 0 Å². The third-order valence-corrected chi connectivity index (χ3v) is 3.54. The molecule has 2 aliphatic rings. The summed E-state index contributed by atoms with van der Waals surface area (Å²) >= 11 is 0. The summed E-state index contributed by atoms with van der Waals surface area (Å²) in [5.74, 6) is 2.08. The van der Waals surface area contributed by atoms with Gasteiger partial charge < -0.3 is 0 Å². The molecule has 0 aromatic carbocycles. The third-order valence-electron chi connectivity index (χ3n) is 3.54. The fourth-order valence-corrected chi connectivity index (χ4v) is 2.44. The summed E-state index contributed by atoms with van der Waals surface area (Å²) in [6.07, 6.45) is 13.4. The summed E-state index contributed by atoms with van der Waals surface area (Å²) in [7, 11) is 0. The molecule has 0 spiro atoms. The molecule has 0 atom stereocenters. The van der Waals surface area contributed by atoms with Crippen molar-refractivity contribution in [2.24, 2.45) is 11.8 Å². The molecule has 0 radical (unpaired) electrons. The van der Waals surface area contributed by atoms with E-state index in [1.807, 2.05) is 0 Å². The van der Waals surface area contributed by atoms with E-state index in [4.69, 9.17) is 0 Å². The van der Waals surface area contributed by atoms with Gasteiger partial charge in [0.1, 0.15) is 0 Å². The summed E-state index contributed by atoms with van der Waals surface area (Å²) in [5.41, 5.74) is 0. The summed E-state index contributed by atoms with van der Waals surface area (Å²) in [6, 6.07) is 0. The van der Waals surface area contributed by atoms with Crippen LogP contribution in [0, 0.1) is 11.8 Å². The third kappa shape index (κ3) is 8.96. The van der Waals surface area contributed by atoms with E-state index in [9.17, 15) is 0 Å². The Morgan fingerprint density at radius 2 is 0.800 bits per heavy atom. The van der Waals surface area contributed by atoms with Crippen molar-refractivity contribution in [1.82, 2.24) is 0 Å². The Hall–Kier alpha value is 0. The molecular formula is C15H34. The second-order valence-corrected chi connectivity index (χ2v) is 5.13. The van der Waals surface area contributed by atoms with Gasteiger partial charge in [0.25, 0.3) is 0 Å². The molecule has 0 unspecified atom stereocenters. The van der Waals surface area contributed by atoms with E-state index in [-0.39, 0.29) is 14.9 Å². The quantitative estimate of drug-likeness (QED) is 0.460. The zero-order chi connectivity index (χ0) is 9.52. The molecule has 15 heavy (non-hydrogen) atoms. The standard InChI is InChI=1S/C7H14.C6H12.2CH4/c1-7-5-3-2-4-6-7;1-6-4-2-3-5-6;;/h7H,2-6H2,1H3;6H,2-5H2,1H3;2*1H4. The van der Waals surface area contributed by atoms with Crippen molar-refractivity contribution in [3.8, 4) is 0 Å². The first kappa shape index (κ1) is 17.4. The van der Waals surface area contributed by atoms with Gasteiger partial charge in [0.15, 0.2) is 0 Å². The van der Waals surface area contributed by atoms with Crippen molar-refractivity contribution >= 4 is 0 Å². The summed E-state index contributed by atoms with van der Waals surface area (Å²) in [4.78, 5) is 0. The molecule has 0 aromatic heterocycles. The van der Waals surface area contributed by atoms with Crippen LogP contribution in [0.2, 0.25) is 0 Å². The van der Waals surface area contributed by atoms with Crippen molar-refractivity contribution in [1.29, 1.82) is 0 Å². The maximum absolute atomic E-state index is 2.36. The van der Waals surface area contributed by atoms with E-state index < -0.39 is 0 Å². The highest BCUT2D eigenvalue weighted by Gasteiger charge is 2.07. The van der Waals surface area contributed by atoms with Crippen LogP contribution in [0.1, 0.15) is 86.5 Å². The van der Waals surface area contributed by atoms with Gasteiger partial charge in [-0.15, -0.1) is 0 Å². The fourth-order valence-electron chi connectivity index (χ4n) is 2.44. The number of rotatable bonds is 0. The van der Waals surface area contributed by atoms with Gasteiger partial charge in [-0.1, -0.05) is 86.5 Å². The Morgan fingerprint density at radius 3 is 0.933 bits per heavy atom. The van der Waals surface area contributed by atoms with Gasteiger partial charge in [-0.3, -0.25) is 0 Å². The van der Waals surface area contributed by atoms with Crippen LogP contribution in [0.3, 0.4) is 0 Å². The molecule has 2 aliphatic carbocycles.